The summed E-state index contributed by atoms with van der Waals surface area (Å²) >= 11 is 13.9. The summed E-state index contributed by atoms with van der Waals surface area (Å²) < 4.78 is 17.2. The average Bonchev–Trinajstić information content (AvgIpc) is 2.91. The highest BCUT2D eigenvalue weighted by atomic mass is 127. The van der Waals surface area contributed by atoms with E-state index >= 15 is 0 Å². The number of carbonyl (C=O) groups is 3. The number of anilines is 2. The molecule has 3 N–H and O–H groups in total. The van der Waals surface area contributed by atoms with Crippen molar-refractivity contribution in [3.05, 3.63) is 73.8 Å². The van der Waals surface area contributed by atoms with E-state index in [1.807, 2.05) is 29.5 Å². The van der Waals surface area contributed by atoms with Gasteiger partial charge in [-0.05, 0) is 89.2 Å². The smallest absolute Gasteiger partial charge is 0.329 e. The molecule has 0 aliphatic rings. The Kier molecular flexibility index (Phi) is 11.8. The van der Waals surface area contributed by atoms with Gasteiger partial charge in [0.2, 0.25) is 0 Å². The van der Waals surface area contributed by atoms with Gasteiger partial charge in [-0.15, -0.1) is 0 Å². The molecule has 3 aromatic carbocycles. The van der Waals surface area contributed by atoms with Gasteiger partial charge in [0.25, 0.3) is 5.91 Å². The lowest BCUT2D eigenvalue weighted by molar-refractivity contribution is -0.136. The van der Waals surface area contributed by atoms with Crippen molar-refractivity contribution >= 4 is 81.1 Å². The third-order valence-corrected chi connectivity index (χ3v) is 6.15. The molecule has 0 saturated carbocycles. The summed E-state index contributed by atoms with van der Waals surface area (Å²) in [5.74, 6) is -0.911. The molecule has 0 bridgehead atoms. The maximum Gasteiger partial charge on any atom is 0.329 e. The number of ether oxygens (including phenoxy) is 3. The first-order valence-corrected chi connectivity index (χ1v) is 13.7. The largest absolute Gasteiger partial charge is 0.494 e. The Balaban J connectivity index is 1.55. The molecule has 0 saturated heterocycles. The molecule has 3 rings (SSSR count). The SMILES string of the molecule is CCCOc1ccc(NC(=O)C(=O)N/N=C\c2cc(I)c(OCC(=O)Nc3cc(Cl)cc(Cl)c3)c(OC)c2)cc1. The van der Waals surface area contributed by atoms with E-state index in [-0.39, 0.29) is 6.61 Å². The molecule has 0 aliphatic carbocycles. The van der Waals surface area contributed by atoms with Crippen LogP contribution in [-0.2, 0) is 14.4 Å². The summed E-state index contributed by atoms with van der Waals surface area (Å²) in [6.45, 7) is 2.29. The van der Waals surface area contributed by atoms with Gasteiger partial charge in [0.15, 0.2) is 18.1 Å². The van der Waals surface area contributed by atoms with Crippen molar-refractivity contribution in [1.82, 2.24) is 5.43 Å². The van der Waals surface area contributed by atoms with Crippen molar-refractivity contribution in [2.75, 3.05) is 31.0 Å². The number of nitrogens with zero attached hydrogens (tertiary/aromatic N) is 1. The number of rotatable bonds is 11. The maximum absolute atomic E-state index is 12.3. The number of benzene rings is 3. The minimum Gasteiger partial charge on any atom is -0.494 e. The minimum atomic E-state index is -0.948. The van der Waals surface area contributed by atoms with E-state index in [0.29, 0.717) is 54.4 Å². The standard InChI is InChI=1S/C27H25Cl2IN4O6/c1-3-8-39-21-6-4-19(5-7-21)33-26(36)27(37)34-31-14-16-9-22(30)25(23(10-16)38-2)40-15-24(35)32-20-12-17(28)11-18(29)13-20/h4-7,9-14H,3,8,15H2,1-2H3,(H,32,35)(H,33,36)(H,34,37)/b31-14-. The van der Waals surface area contributed by atoms with Crippen LogP contribution in [-0.4, -0.2) is 44.3 Å². The number of hydrogen-bond acceptors (Lipinski definition) is 7. The zero-order valence-corrected chi connectivity index (χ0v) is 25.1. The Bertz CT molecular complexity index is 1380. The number of hydrazone groups is 1. The highest BCUT2D eigenvalue weighted by Gasteiger charge is 2.15. The highest BCUT2D eigenvalue weighted by Crippen LogP contribution is 2.33. The Morgan fingerprint density at radius 3 is 2.27 bits per heavy atom. The van der Waals surface area contributed by atoms with Gasteiger partial charge in [0, 0.05) is 21.4 Å². The fourth-order valence-electron chi connectivity index (χ4n) is 3.17. The van der Waals surface area contributed by atoms with Gasteiger partial charge in [-0.25, -0.2) is 5.43 Å². The molecule has 0 atom stereocenters. The Morgan fingerprint density at radius 1 is 0.925 bits per heavy atom. The predicted octanol–water partition coefficient (Wildman–Crippen LogP) is 5.50. The summed E-state index contributed by atoms with van der Waals surface area (Å²) in [5.41, 5.74) is 3.60. The van der Waals surface area contributed by atoms with Gasteiger partial charge in [0.05, 0.1) is 23.5 Å². The molecule has 0 aliphatic heterocycles. The topological polar surface area (TPSA) is 127 Å². The maximum atomic E-state index is 12.3. The number of hydrogen-bond donors (Lipinski definition) is 3. The predicted molar refractivity (Wildman–Crippen MR) is 163 cm³/mol. The second kappa shape index (κ2) is 15.3. The average molecular weight is 699 g/mol. The molecule has 0 unspecified atom stereocenters. The molecule has 0 spiro atoms. The van der Waals surface area contributed by atoms with Crippen LogP contribution in [0.5, 0.6) is 17.2 Å². The summed E-state index contributed by atoms with van der Waals surface area (Å²) in [7, 11) is 1.45. The monoisotopic (exact) mass is 698 g/mol. The molecule has 10 nitrogen and oxygen atoms in total. The Labute approximate surface area is 254 Å². The van der Waals surface area contributed by atoms with Gasteiger partial charge >= 0.3 is 11.8 Å². The summed E-state index contributed by atoms with van der Waals surface area (Å²) in [5, 5.41) is 9.76. The van der Waals surface area contributed by atoms with E-state index in [1.165, 1.54) is 13.3 Å². The van der Waals surface area contributed by atoms with Crippen LogP contribution in [0.4, 0.5) is 11.4 Å². The molecule has 210 valence electrons. The van der Waals surface area contributed by atoms with E-state index in [2.05, 4.69) is 21.2 Å². The molecule has 0 fully saturated rings. The van der Waals surface area contributed by atoms with Crippen molar-refractivity contribution in [2.45, 2.75) is 13.3 Å². The second-order valence-corrected chi connectivity index (χ2v) is 10.1. The van der Waals surface area contributed by atoms with E-state index < -0.39 is 17.7 Å². The van der Waals surface area contributed by atoms with Crippen LogP contribution in [0.3, 0.4) is 0 Å². The minimum absolute atomic E-state index is 0.302. The van der Waals surface area contributed by atoms with E-state index in [0.717, 1.165) is 6.42 Å². The molecule has 13 heteroatoms. The van der Waals surface area contributed by atoms with E-state index in [4.69, 9.17) is 37.4 Å². The molecular formula is C27H25Cl2IN4O6. The fraction of sp³-hybridized carbons (Fsp3) is 0.185. The molecule has 0 radical (unpaired) electrons. The lowest BCUT2D eigenvalue weighted by Crippen LogP contribution is -2.32. The van der Waals surface area contributed by atoms with Crippen LogP contribution in [0.15, 0.2) is 59.7 Å². The number of nitrogens with one attached hydrogen (secondary N) is 3. The van der Waals surface area contributed by atoms with E-state index in [9.17, 15) is 14.4 Å². The van der Waals surface area contributed by atoms with Gasteiger partial charge in [-0.2, -0.15) is 5.10 Å². The number of carbonyl (C=O) groups excluding carboxylic acids is 3. The summed E-state index contributed by atoms with van der Waals surface area (Å²) in [4.78, 5) is 36.7. The van der Waals surface area contributed by atoms with Crippen molar-refractivity contribution in [2.24, 2.45) is 5.10 Å². The quantitative estimate of drug-likeness (QED) is 0.105. The van der Waals surface area contributed by atoms with Crippen LogP contribution >= 0.6 is 45.8 Å². The molecule has 0 heterocycles. The van der Waals surface area contributed by atoms with Crippen LogP contribution in [0.2, 0.25) is 10.0 Å². The lowest BCUT2D eigenvalue weighted by atomic mass is 10.2. The first kappa shape index (κ1) is 31.0. The molecule has 40 heavy (non-hydrogen) atoms. The summed E-state index contributed by atoms with van der Waals surface area (Å²) in [6, 6.07) is 14.6. The molecule has 3 amide bonds. The first-order valence-electron chi connectivity index (χ1n) is 11.8. The zero-order valence-electron chi connectivity index (χ0n) is 21.4. The first-order chi connectivity index (χ1) is 19.2. The fourth-order valence-corrected chi connectivity index (χ4v) is 4.48. The number of methoxy groups -OCH3 is 1. The Morgan fingerprint density at radius 2 is 1.62 bits per heavy atom. The molecule has 0 aromatic heterocycles. The van der Waals surface area contributed by atoms with Gasteiger partial charge in [-0.1, -0.05) is 30.1 Å². The van der Waals surface area contributed by atoms with Crippen LogP contribution < -0.4 is 30.3 Å². The third kappa shape index (κ3) is 9.57. The van der Waals surface area contributed by atoms with Gasteiger partial charge in [0.1, 0.15) is 5.75 Å². The lowest BCUT2D eigenvalue weighted by Gasteiger charge is -2.13. The second-order valence-electron chi connectivity index (χ2n) is 8.06. The molecule has 3 aromatic rings. The zero-order chi connectivity index (χ0) is 29.1. The van der Waals surface area contributed by atoms with Crippen LogP contribution in [0.1, 0.15) is 18.9 Å². The third-order valence-electron chi connectivity index (χ3n) is 4.92. The van der Waals surface area contributed by atoms with Gasteiger partial charge in [-0.3, -0.25) is 14.4 Å². The van der Waals surface area contributed by atoms with Crippen molar-refractivity contribution in [1.29, 1.82) is 0 Å². The van der Waals surface area contributed by atoms with Crippen molar-refractivity contribution < 1.29 is 28.6 Å². The van der Waals surface area contributed by atoms with Crippen molar-refractivity contribution in [3.8, 4) is 17.2 Å². The molecular weight excluding hydrogens is 674 g/mol. The van der Waals surface area contributed by atoms with Crippen molar-refractivity contribution in [3.63, 3.8) is 0 Å². The van der Waals surface area contributed by atoms with Crippen LogP contribution in [0, 0.1) is 3.57 Å². The van der Waals surface area contributed by atoms with Gasteiger partial charge < -0.3 is 24.8 Å². The number of halogens is 3. The Hall–Kier alpha value is -3.55. The number of amides is 3. The van der Waals surface area contributed by atoms with Crippen LogP contribution in [0.25, 0.3) is 0 Å². The van der Waals surface area contributed by atoms with E-state index in [1.54, 1.807) is 54.6 Å². The normalized spacial score (nSPS) is 10.6. The summed E-state index contributed by atoms with van der Waals surface area (Å²) in [6.07, 6.45) is 2.22. The highest BCUT2D eigenvalue weighted by molar-refractivity contribution is 14.1.